The van der Waals surface area contributed by atoms with E-state index < -0.39 is 6.04 Å². The van der Waals surface area contributed by atoms with Crippen molar-refractivity contribution in [3.63, 3.8) is 0 Å². The number of benzene rings is 1. The van der Waals surface area contributed by atoms with E-state index in [1.165, 1.54) is 10.4 Å². The van der Waals surface area contributed by atoms with Crippen molar-refractivity contribution in [1.29, 1.82) is 0 Å². The Morgan fingerprint density at radius 2 is 2.00 bits per heavy atom. The number of carbonyl (C=O) groups is 2. The summed E-state index contributed by atoms with van der Waals surface area (Å²) in [5.74, 6) is 0.156. The van der Waals surface area contributed by atoms with E-state index in [4.69, 9.17) is 0 Å². The van der Waals surface area contributed by atoms with Crippen LogP contribution in [0.25, 0.3) is 0 Å². The van der Waals surface area contributed by atoms with E-state index in [0.29, 0.717) is 12.5 Å². The molecule has 5 heteroatoms. The fourth-order valence-corrected chi connectivity index (χ4v) is 3.97. The van der Waals surface area contributed by atoms with E-state index in [2.05, 4.69) is 29.0 Å². The van der Waals surface area contributed by atoms with Gasteiger partial charge in [0.25, 0.3) is 0 Å². The van der Waals surface area contributed by atoms with Gasteiger partial charge in [0.1, 0.15) is 6.04 Å². The molecular weight excluding hydrogens is 320 g/mol. The highest BCUT2D eigenvalue weighted by Crippen LogP contribution is 2.50. The Morgan fingerprint density at radius 1 is 1.25 bits per heavy atom. The number of rotatable bonds is 6. The minimum absolute atomic E-state index is 0.00623. The van der Waals surface area contributed by atoms with Gasteiger partial charge < -0.3 is 10.6 Å². The highest BCUT2D eigenvalue weighted by Gasteiger charge is 2.45. The molecule has 1 aromatic carbocycles. The van der Waals surface area contributed by atoms with E-state index in [-0.39, 0.29) is 17.7 Å². The van der Waals surface area contributed by atoms with Gasteiger partial charge in [0.05, 0.1) is 0 Å². The second kappa shape index (κ2) is 7.18. The second-order valence-electron chi connectivity index (χ2n) is 6.35. The van der Waals surface area contributed by atoms with E-state index in [0.717, 1.165) is 12.0 Å². The van der Waals surface area contributed by atoms with Gasteiger partial charge in [-0.05, 0) is 42.8 Å². The van der Waals surface area contributed by atoms with Crippen LogP contribution >= 0.6 is 11.3 Å². The number of hydrogen-bond donors (Lipinski definition) is 2. The third kappa shape index (κ3) is 3.85. The Bertz CT molecular complexity index is 726. The zero-order valence-electron chi connectivity index (χ0n) is 13.9. The molecule has 1 aromatic heterocycles. The molecule has 126 valence electrons. The normalized spacial score (nSPS) is 20.2. The number of hydrogen-bond acceptors (Lipinski definition) is 3. The van der Waals surface area contributed by atoms with Crippen molar-refractivity contribution in [3.05, 3.63) is 57.8 Å². The first-order chi connectivity index (χ1) is 11.6. The fraction of sp³-hybridized carbons (Fsp3) is 0.368. The van der Waals surface area contributed by atoms with Crippen molar-refractivity contribution < 1.29 is 9.59 Å². The second-order valence-corrected chi connectivity index (χ2v) is 7.30. The maximum Gasteiger partial charge on any atom is 0.242 e. The van der Waals surface area contributed by atoms with Gasteiger partial charge in [0, 0.05) is 23.3 Å². The highest BCUT2D eigenvalue weighted by molar-refractivity contribution is 7.10. The number of nitrogens with one attached hydrogen (secondary N) is 2. The lowest BCUT2D eigenvalue weighted by Crippen LogP contribution is -2.45. The highest BCUT2D eigenvalue weighted by atomic mass is 32.1. The molecule has 3 atom stereocenters. The molecule has 2 N–H and O–H groups in total. The van der Waals surface area contributed by atoms with Crippen LogP contribution in [0, 0.1) is 12.8 Å². The molecule has 1 saturated carbocycles. The van der Waals surface area contributed by atoms with Crippen molar-refractivity contribution in [2.24, 2.45) is 5.92 Å². The average molecular weight is 342 g/mol. The molecule has 0 bridgehead atoms. The maximum absolute atomic E-state index is 12.3. The number of thiophene rings is 1. The van der Waals surface area contributed by atoms with Gasteiger partial charge in [-0.2, -0.15) is 0 Å². The topological polar surface area (TPSA) is 58.2 Å². The first-order valence-electron chi connectivity index (χ1n) is 8.22. The third-order valence-corrected chi connectivity index (χ3v) is 5.58. The average Bonchev–Trinajstić information content (AvgIpc) is 3.27. The molecule has 0 radical (unpaired) electrons. The summed E-state index contributed by atoms with van der Waals surface area (Å²) in [5, 5.41) is 7.77. The molecule has 0 spiro atoms. The quantitative estimate of drug-likeness (QED) is 0.848. The smallest absolute Gasteiger partial charge is 0.242 e. The molecule has 1 fully saturated rings. The minimum atomic E-state index is -0.521. The predicted octanol–water partition coefficient (Wildman–Crippen LogP) is 2.98. The lowest BCUT2D eigenvalue weighted by molar-refractivity contribution is -0.129. The first kappa shape index (κ1) is 16.7. The zero-order chi connectivity index (χ0) is 17.1. The summed E-state index contributed by atoms with van der Waals surface area (Å²) in [6, 6.07) is 11.3. The molecule has 24 heavy (non-hydrogen) atoms. The minimum Gasteiger partial charge on any atom is -0.350 e. The largest absolute Gasteiger partial charge is 0.350 e. The van der Waals surface area contributed by atoms with Crippen LogP contribution in [0.2, 0.25) is 0 Å². The molecule has 0 aliphatic heterocycles. The lowest BCUT2D eigenvalue weighted by Gasteiger charge is -2.14. The lowest BCUT2D eigenvalue weighted by atomic mass is 10.2. The molecule has 4 nitrogen and oxygen atoms in total. The van der Waals surface area contributed by atoms with Crippen molar-refractivity contribution in [1.82, 2.24) is 10.6 Å². The zero-order valence-corrected chi connectivity index (χ0v) is 14.7. The van der Waals surface area contributed by atoms with E-state index in [1.807, 2.05) is 30.3 Å². The van der Waals surface area contributed by atoms with Crippen LogP contribution in [0.15, 0.2) is 41.8 Å². The van der Waals surface area contributed by atoms with Gasteiger partial charge >= 0.3 is 0 Å². The summed E-state index contributed by atoms with van der Waals surface area (Å²) < 4.78 is 0. The SMILES string of the molecule is Cc1ccsc1[C@@H]1C[C@@H]1C(=O)N[C@H](C)C(=O)NCc1ccccc1. The van der Waals surface area contributed by atoms with Crippen molar-refractivity contribution in [2.75, 3.05) is 0 Å². The van der Waals surface area contributed by atoms with Crippen LogP contribution in [0.5, 0.6) is 0 Å². The molecule has 3 rings (SSSR count). The fourth-order valence-electron chi connectivity index (χ4n) is 2.86. The molecule has 1 aliphatic rings. The number of amides is 2. The van der Waals surface area contributed by atoms with Crippen molar-refractivity contribution in [2.45, 2.75) is 38.8 Å². The summed E-state index contributed by atoms with van der Waals surface area (Å²) in [5.41, 5.74) is 2.30. The van der Waals surface area contributed by atoms with Crippen LogP contribution in [-0.4, -0.2) is 17.9 Å². The van der Waals surface area contributed by atoms with Crippen LogP contribution < -0.4 is 10.6 Å². The van der Waals surface area contributed by atoms with E-state index in [9.17, 15) is 9.59 Å². The molecule has 2 aromatic rings. The van der Waals surface area contributed by atoms with E-state index in [1.54, 1.807) is 18.3 Å². The molecule has 1 aliphatic carbocycles. The Hall–Kier alpha value is -2.14. The molecule has 2 amide bonds. The van der Waals surface area contributed by atoms with Gasteiger partial charge in [0.15, 0.2) is 0 Å². The van der Waals surface area contributed by atoms with E-state index >= 15 is 0 Å². The van der Waals surface area contributed by atoms with Crippen LogP contribution in [0.4, 0.5) is 0 Å². The Kier molecular flexibility index (Phi) is 5.00. The number of aryl methyl sites for hydroxylation is 1. The molecule has 0 saturated heterocycles. The molecular formula is C19H22N2O2S. The monoisotopic (exact) mass is 342 g/mol. The standard InChI is InChI=1S/C19H22N2O2S/c1-12-8-9-24-17(12)15-10-16(15)19(23)21-13(2)18(22)20-11-14-6-4-3-5-7-14/h3-9,13,15-16H,10-11H2,1-2H3,(H,20,22)(H,21,23)/t13-,15-,16+/m1/s1. The Morgan fingerprint density at radius 3 is 2.67 bits per heavy atom. The van der Waals surface area contributed by atoms with Gasteiger partial charge in [-0.1, -0.05) is 30.3 Å². The van der Waals surface area contributed by atoms with Crippen molar-refractivity contribution >= 4 is 23.2 Å². The third-order valence-electron chi connectivity index (χ3n) is 4.43. The summed E-state index contributed by atoms with van der Waals surface area (Å²) in [6.45, 7) is 4.28. The number of carbonyl (C=O) groups excluding carboxylic acids is 2. The Labute approximate surface area is 146 Å². The summed E-state index contributed by atoms with van der Waals surface area (Å²) >= 11 is 1.71. The molecule has 0 unspecified atom stereocenters. The predicted molar refractivity (Wildman–Crippen MR) is 95.8 cm³/mol. The maximum atomic E-state index is 12.3. The first-order valence-corrected chi connectivity index (χ1v) is 9.10. The van der Waals surface area contributed by atoms with Gasteiger partial charge in [-0.25, -0.2) is 0 Å². The summed E-state index contributed by atoms with van der Waals surface area (Å²) in [6.07, 6.45) is 0.880. The van der Waals surface area contributed by atoms with Crippen LogP contribution in [-0.2, 0) is 16.1 Å². The van der Waals surface area contributed by atoms with Gasteiger partial charge in [-0.15, -0.1) is 11.3 Å². The molecule has 1 heterocycles. The van der Waals surface area contributed by atoms with Crippen LogP contribution in [0.3, 0.4) is 0 Å². The summed E-state index contributed by atoms with van der Waals surface area (Å²) in [4.78, 5) is 25.8. The summed E-state index contributed by atoms with van der Waals surface area (Å²) in [7, 11) is 0. The van der Waals surface area contributed by atoms with Crippen LogP contribution in [0.1, 0.15) is 35.3 Å². The van der Waals surface area contributed by atoms with Gasteiger partial charge in [-0.3, -0.25) is 9.59 Å². The van der Waals surface area contributed by atoms with Crippen molar-refractivity contribution in [3.8, 4) is 0 Å². The Balaban J connectivity index is 1.46. The van der Waals surface area contributed by atoms with Gasteiger partial charge in [0.2, 0.25) is 11.8 Å².